The van der Waals surface area contributed by atoms with Crippen LogP contribution in [0.2, 0.25) is 0 Å². The van der Waals surface area contributed by atoms with E-state index in [1.54, 1.807) is 20.2 Å². The number of benzene rings is 2. The molecule has 10 heteroatoms. The van der Waals surface area contributed by atoms with Crippen molar-refractivity contribution in [2.45, 2.75) is 57.7 Å². The summed E-state index contributed by atoms with van der Waals surface area (Å²) in [4.78, 5) is 55.2. The van der Waals surface area contributed by atoms with Crippen molar-refractivity contribution in [1.82, 2.24) is 20.0 Å². The molecule has 38 heavy (non-hydrogen) atoms. The van der Waals surface area contributed by atoms with Crippen LogP contribution < -0.4 is 5.32 Å². The van der Waals surface area contributed by atoms with E-state index in [1.807, 2.05) is 32.9 Å². The Balaban J connectivity index is 1.51. The fourth-order valence-corrected chi connectivity index (χ4v) is 4.97. The lowest BCUT2D eigenvalue weighted by Gasteiger charge is -2.36. The highest BCUT2D eigenvalue weighted by Crippen LogP contribution is 2.37. The number of nitrogens with zero attached hydrogens (tertiary/aromatic N) is 3. The van der Waals surface area contributed by atoms with Crippen molar-refractivity contribution in [2.75, 3.05) is 20.6 Å². The minimum Gasteiger partial charge on any atom is -0.323 e. The largest absolute Gasteiger partial charge is 0.324 e. The molecule has 1 fully saturated rings. The second-order valence-electron chi connectivity index (χ2n) is 11.2. The van der Waals surface area contributed by atoms with E-state index in [2.05, 4.69) is 5.32 Å². The van der Waals surface area contributed by atoms with Gasteiger partial charge in [-0.25, -0.2) is 18.4 Å². The molecule has 202 valence electrons. The molecule has 2 aliphatic rings. The molecule has 2 aromatic carbocycles. The maximum absolute atomic E-state index is 13.8. The lowest BCUT2D eigenvalue weighted by atomic mass is 9.95. The van der Waals surface area contributed by atoms with Crippen LogP contribution >= 0.6 is 0 Å². The molecule has 8 nitrogen and oxygen atoms in total. The lowest BCUT2D eigenvalue weighted by Crippen LogP contribution is -2.50. The fraction of sp³-hybridized carbons (Fsp3) is 0.429. The fourth-order valence-electron chi connectivity index (χ4n) is 4.97. The number of likely N-dealkylation sites (N-methyl/N-ethyl adjacent to an activating group) is 1. The van der Waals surface area contributed by atoms with Crippen LogP contribution in [0.3, 0.4) is 0 Å². The summed E-state index contributed by atoms with van der Waals surface area (Å²) in [6.45, 7) is 5.15. The zero-order chi connectivity index (χ0) is 28.0. The molecular formula is C28H32F2N4O4. The molecule has 1 aliphatic carbocycles. The van der Waals surface area contributed by atoms with E-state index in [4.69, 9.17) is 0 Å². The zero-order valence-corrected chi connectivity index (χ0v) is 22.2. The van der Waals surface area contributed by atoms with Crippen LogP contribution in [-0.4, -0.2) is 70.2 Å². The van der Waals surface area contributed by atoms with Gasteiger partial charge in [0.05, 0.1) is 6.54 Å². The van der Waals surface area contributed by atoms with Crippen LogP contribution in [0.15, 0.2) is 36.4 Å². The van der Waals surface area contributed by atoms with Crippen LogP contribution in [0.4, 0.5) is 18.4 Å². The highest BCUT2D eigenvalue weighted by molar-refractivity contribution is 6.07. The molecule has 0 aromatic heterocycles. The minimum absolute atomic E-state index is 0.0295. The summed E-state index contributed by atoms with van der Waals surface area (Å²) in [5.41, 5.74) is 1.29. The maximum Gasteiger partial charge on any atom is 0.324 e. The monoisotopic (exact) mass is 526 g/mol. The summed E-state index contributed by atoms with van der Waals surface area (Å²) >= 11 is 0. The standard InChI is InChI=1S/C28H32F2N4O4/c1-27(2,3)33(5)26(38)34(15-18-9-21(29)12-22(30)10-18)16-23(35)11-17-6-7-19-13-28(14-20(19)8-17)24(36)31-25(37)32(28)4/h6-10,12H,11,13-16H2,1-5H3,(H,31,36,37)/t28-/m0/s1. The number of fused-ring (bicyclic) bond motifs is 1. The predicted molar refractivity (Wildman–Crippen MR) is 136 cm³/mol. The number of halogens is 2. The normalized spacial score (nSPS) is 18.6. The molecule has 1 heterocycles. The van der Waals surface area contributed by atoms with Crippen LogP contribution in [0.25, 0.3) is 0 Å². The van der Waals surface area contributed by atoms with Gasteiger partial charge in [-0.1, -0.05) is 18.2 Å². The second kappa shape index (κ2) is 9.81. The van der Waals surface area contributed by atoms with Gasteiger partial charge >= 0.3 is 12.1 Å². The van der Waals surface area contributed by atoms with Gasteiger partial charge in [-0.15, -0.1) is 0 Å². The number of carbonyl (C=O) groups is 4. The SMILES string of the molecule is CN(C(=O)N(CC(=O)Cc1ccc2c(c1)C[C@@]1(C2)C(=O)NC(=O)N1C)Cc1cc(F)cc(F)c1)C(C)(C)C. The molecule has 1 aliphatic heterocycles. The quantitative estimate of drug-likeness (QED) is 0.584. The van der Waals surface area contributed by atoms with Gasteiger partial charge in [0, 0.05) is 51.5 Å². The Labute approximate surface area is 220 Å². The Hall–Kier alpha value is -3.82. The molecule has 0 unspecified atom stereocenters. The summed E-state index contributed by atoms with van der Waals surface area (Å²) in [6, 6.07) is 7.70. The molecule has 0 radical (unpaired) electrons. The van der Waals surface area contributed by atoms with Gasteiger partial charge in [0.15, 0.2) is 5.78 Å². The van der Waals surface area contributed by atoms with Crippen molar-refractivity contribution in [2.24, 2.45) is 0 Å². The molecule has 1 N–H and O–H groups in total. The van der Waals surface area contributed by atoms with E-state index in [1.165, 1.54) is 14.7 Å². The number of nitrogens with one attached hydrogen (secondary N) is 1. The molecule has 2 aromatic rings. The molecule has 0 saturated carbocycles. The zero-order valence-electron chi connectivity index (χ0n) is 22.2. The third-order valence-corrected chi connectivity index (χ3v) is 7.45. The lowest BCUT2D eigenvalue weighted by molar-refractivity contribution is -0.125. The van der Waals surface area contributed by atoms with Crippen molar-refractivity contribution in [1.29, 1.82) is 0 Å². The third kappa shape index (κ3) is 5.25. The summed E-state index contributed by atoms with van der Waals surface area (Å²) in [5, 5.41) is 2.37. The highest BCUT2D eigenvalue weighted by Gasteiger charge is 2.54. The summed E-state index contributed by atoms with van der Waals surface area (Å²) < 4.78 is 27.6. The molecule has 5 amide bonds. The number of urea groups is 2. The van der Waals surface area contributed by atoms with Gasteiger partial charge in [0.2, 0.25) is 0 Å². The Morgan fingerprint density at radius 2 is 1.63 bits per heavy atom. The number of rotatable bonds is 6. The van der Waals surface area contributed by atoms with Crippen molar-refractivity contribution in [3.05, 3.63) is 70.3 Å². The minimum atomic E-state index is -0.955. The van der Waals surface area contributed by atoms with Gasteiger partial charge in [0.25, 0.3) is 5.91 Å². The first-order valence-corrected chi connectivity index (χ1v) is 12.4. The van der Waals surface area contributed by atoms with Crippen molar-refractivity contribution >= 4 is 23.8 Å². The van der Waals surface area contributed by atoms with Gasteiger partial charge in [-0.2, -0.15) is 0 Å². The van der Waals surface area contributed by atoms with E-state index >= 15 is 0 Å². The molecule has 4 rings (SSSR count). The number of imide groups is 1. The first kappa shape index (κ1) is 27.2. The van der Waals surface area contributed by atoms with E-state index in [0.717, 1.165) is 29.3 Å². The molecule has 0 bridgehead atoms. The maximum atomic E-state index is 13.8. The van der Waals surface area contributed by atoms with Crippen LogP contribution in [0.1, 0.15) is 43.0 Å². The number of amides is 5. The number of Topliss-reactive ketones (excluding diaryl/α,β-unsaturated/α-hetero) is 1. The average Bonchev–Trinajstić information content (AvgIpc) is 3.29. The Bertz CT molecular complexity index is 1300. The van der Waals surface area contributed by atoms with Crippen LogP contribution in [0.5, 0.6) is 0 Å². The van der Waals surface area contributed by atoms with Crippen molar-refractivity contribution in [3.63, 3.8) is 0 Å². The van der Waals surface area contributed by atoms with Gasteiger partial charge in [-0.05, 0) is 55.2 Å². The number of hydrogen-bond acceptors (Lipinski definition) is 4. The Morgan fingerprint density at radius 1 is 1.00 bits per heavy atom. The van der Waals surface area contributed by atoms with Gasteiger partial charge in [0.1, 0.15) is 17.2 Å². The first-order valence-electron chi connectivity index (χ1n) is 12.4. The Morgan fingerprint density at radius 3 is 2.21 bits per heavy atom. The molecular weight excluding hydrogens is 494 g/mol. The van der Waals surface area contributed by atoms with Crippen LogP contribution in [-0.2, 0) is 35.4 Å². The topological polar surface area (TPSA) is 90.0 Å². The van der Waals surface area contributed by atoms with Crippen molar-refractivity contribution < 1.29 is 28.0 Å². The van der Waals surface area contributed by atoms with Crippen LogP contribution in [0, 0.1) is 11.6 Å². The van der Waals surface area contributed by atoms with Gasteiger partial charge < -0.3 is 14.7 Å². The van der Waals surface area contributed by atoms with E-state index in [9.17, 15) is 28.0 Å². The van der Waals surface area contributed by atoms with E-state index in [0.29, 0.717) is 18.4 Å². The number of hydrogen-bond donors (Lipinski definition) is 1. The second-order valence-corrected chi connectivity index (χ2v) is 11.2. The number of carbonyl (C=O) groups excluding carboxylic acids is 4. The first-order chi connectivity index (χ1) is 17.7. The summed E-state index contributed by atoms with van der Waals surface area (Å²) in [7, 11) is 3.21. The van der Waals surface area contributed by atoms with Gasteiger partial charge in [-0.3, -0.25) is 14.9 Å². The molecule has 1 spiro atoms. The highest BCUT2D eigenvalue weighted by atomic mass is 19.1. The van der Waals surface area contributed by atoms with E-state index in [-0.39, 0.29) is 36.8 Å². The summed E-state index contributed by atoms with van der Waals surface area (Å²) in [6.07, 6.45) is 0.780. The molecule has 1 atom stereocenters. The van der Waals surface area contributed by atoms with E-state index < -0.39 is 34.8 Å². The summed E-state index contributed by atoms with van der Waals surface area (Å²) in [5.74, 6) is -2.11. The smallest absolute Gasteiger partial charge is 0.323 e. The third-order valence-electron chi connectivity index (χ3n) is 7.45. The Kier molecular flexibility index (Phi) is 7.03. The number of ketones is 1. The predicted octanol–water partition coefficient (Wildman–Crippen LogP) is 3.45. The average molecular weight is 527 g/mol. The molecule has 1 saturated heterocycles. The van der Waals surface area contributed by atoms with Crippen molar-refractivity contribution in [3.8, 4) is 0 Å².